The molecule has 1 rings (SSSR count). The van der Waals surface area contributed by atoms with Gasteiger partial charge < -0.3 is 4.98 Å². The van der Waals surface area contributed by atoms with Gasteiger partial charge in [0.1, 0.15) is 0 Å². The van der Waals surface area contributed by atoms with Gasteiger partial charge in [-0.2, -0.15) is 0 Å². The van der Waals surface area contributed by atoms with Gasteiger partial charge in [0, 0.05) is 17.0 Å². The average molecular weight is 161 g/mol. The van der Waals surface area contributed by atoms with Gasteiger partial charge in [-0.1, -0.05) is 12.7 Å². The van der Waals surface area contributed by atoms with E-state index in [9.17, 15) is 0 Å². The smallest absolute Gasteiger partial charge is 0.0452 e. The third-order valence-electron chi connectivity index (χ3n) is 2.04. The second kappa shape index (κ2) is 3.44. The first-order valence-corrected chi connectivity index (χ1v) is 4.14. The molecular formula is C11H15N. The van der Waals surface area contributed by atoms with E-state index in [1.54, 1.807) is 0 Å². The van der Waals surface area contributed by atoms with Gasteiger partial charge in [-0.15, -0.1) is 0 Å². The van der Waals surface area contributed by atoms with Crippen LogP contribution in [0.1, 0.15) is 30.8 Å². The summed E-state index contributed by atoms with van der Waals surface area (Å²) in [6.07, 6.45) is 3.96. The van der Waals surface area contributed by atoms with Crippen molar-refractivity contribution >= 4 is 11.6 Å². The van der Waals surface area contributed by atoms with E-state index >= 15 is 0 Å². The summed E-state index contributed by atoms with van der Waals surface area (Å²) in [7, 11) is 0. The van der Waals surface area contributed by atoms with E-state index in [-0.39, 0.29) is 0 Å². The molecule has 1 aromatic rings. The Bertz CT molecular complexity index is 316. The lowest BCUT2D eigenvalue weighted by Gasteiger charge is -1.97. The third kappa shape index (κ3) is 1.50. The highest BCUT2D eigenvalue weighted by molar-refractivity contribution is 5.71. The largest absolute Gasteiger partial charge is 0.359 e. The van der Waals surface area contributed by atoms with Crippen molar-refractivity contribution in [2.45, 2.75) is 20.8 Å². The van der Waals surface area contributed by atoms with Crippen LogP contribution in [0.5, 0.6) is 0 Å². The molecule has 0 amide bonds. The predicted octanol–water partition coefficient (Wildman–Crippen LogP) is 3.39. The first kappa shape index (κ1) is 8.85. The molecule has 0 fully saturated rings. The summed E-state index contributed by atoms with van der Waals surface area (Å²) in [5.74, 6) is 0. The van der Waals surface area contributed by atoms with Gasteiger partial charge >= 0.3 is 0 Å². The van der Waals surface area contributed by atoms with Gasteiger partial charge in [-0.3, -0.25) is 0 Å². The number of allylic oxidation sites excluding steroid dienone is 2. The summed E-state index contributed by atoms with van der Waals surface area (Å²) in [5.41, 5.74) is 4.84. The van der Waals surface area contributed by atoms with Crippen LogP contribution >= 0.6 is 0 Å². The first-order valence-electron chi connectivity index (χ1n) is 4.14. The molecule has 1 heteroatoms. The van der Waals surface area contributed by atoms with Crippen molar-refractivity contribution in [3.63, 3.8) is 0 Å². The van der Waals surface area contributed by atoms with Crippen molar-refractivity contribution in [3.05, 3.63) is 35.7 Å². The molecule has 0 bridgehead atoms. The highest BCUT2D eigenvalue weighted by Crippen LogP contribution is 2.20. The van der Waals surface area contributed by atoms with Crippen LogP contribution in [0.2, 0.25) is 0 Å². The molecule has 64 valence electrons. The summed E-state index contributed by atoms with van der Waals surface area (Å²) in [6, 6.07) is 2.15. The molecule has 1 aromatic heterocycles. The quantitative estimate of drug-likeness (QED) is 0.684. The molecule has 0 aliphatic heterocycles. The van der Waals surface area contributed by atoms with Crippen molar-refractivity contribution in [1.29, 1.82) is 0 Å². The van der Waals surface area contributed by atoms with Gasteiger partial charge in [-0.05, 0) is 38.5 Å². The molecule has 0 unspecified atom stereocenters. The fraction of sp³-hybridized carbons (Fsp3) is 0.273. The van der Waals surface area contributed by atoms with E-state index in [2.05, 4.69) is 37.6 Å². The van der Waals surface area contributed by atoms with E-state index < -0.39 is 0 Å². The molecule has 1 N–H and O–H groups in total. The number of aryl methyl sites for hydroxylation is 1. The predicted molar refractivity (Wildman–Crippen MR) is 54.9 cm³/mol. The molecular weight excluding hydrogens is 146 g/mol. The molecule has 0 saturated heterocycles. The molecule has 0 radical (unpaired) electrons. The van der Waals surface area contributed by atoms with E-state index in [4.69, 9.17) is 0 Å². The molecule has 0 atom stereocenters. The number of nitrogens with one attached hydrogen (secondary N) is 1. The van der Waals surface area contributed by atoms with Crippen molar-refractivity contribution in [1.82, 2.24) is 4.98 Å². The van der Waals surface area contributed by atoms with E-state index in [1.165, 1.54) is 16.8 Å². The maximum absolute atomic E-state index is 3.76. The third-order valence-corrected chi connectivity index (χ3v) is 2.04. The summed E-state index contributed by atoms with van der Waals surface area (Å²) < 4.78 is 0. The molecule has 0 aliphatic carbocycles. The SMILES string of the molecule is C=Cc1[nH]c(C)cc1/C(C)=C\C. The van der Waals surface area contributed by atoms with Gasteiger partial charge in [0.05, 0.1) is 0 Å². The van der Waals surface area contributed by atoms with Crippen molar-refractivity contribution in [2.24, 2.45) is 0 Å². The monoisotopic (exact) mass is 161 g/mol. The summed E-state index contributed by atoms with van der Waals surface area (Å²) in [6.45, 7) is 9.97. The van der Waals surface area contributed by atoms with E-state index in [1.807, 2.05) is 13.0 Å². The normalized spacial score (nSPS) is 11.8. The topological polar surface area (TPSA) is 15.8 Å². The fourth-order valence-corrected chi connectivity index (χ4v) is 1.25. The van der Waals surface area contributed by atoms with Crippen molar-refractivity contribution in [3.8, 4) is 0 Å². The lowest BCUT2D eigenvalue weighted by atomic mass is 10.1. The van der Waals surface area contributed by atoms with Gasteiger partial charge in [-0.25, -0.2) is 0 Å². The average Bonchev–Trinajstić information content (AvgIpc) is 2.45. The molecule has 12 heavy (non-hydrogen) atoms. The molecule has 1 nitrogen and oxygen atoms in total. The van der Waals surface area contributed by atoms with Crippen LogP contribution in [0.25, 0.3) is 11.6 Å². The Morgan fingerprint density at radius 3 is 2.75 bits per heavy atom. The van der Waals surface area contributed by atoms with E-state index in [0.717, 1.165) is 5.69 Å². The zero-order valence-corrected chi connectivity index (χ0v) is 7.94. The van der Waals surface area contributed by atoms with E-state index in [0.29, 0.717) is 0 Å². The Morgan fingerprint density at radius 2 is 2.25 bits per heavy atom. The zero-order chi connectivity index (χ0) is 9.14. The highest BCUT2D eigenvalue weighted by atomic mass is 14.7. The van der Waals surface area contributed by atoms with Crippen molar-refractivity contribution < 1.29 is 0 Å². The Kier molecular flexibility index (Phi) is 2.54. The Labute approximate surface area is 73.8 Å². The maximum Gasteiger partial charge on any atom is 0.0452 e. The van der Waals surface area contributed by atoms with Crippen LogP contribution in [0, 0.1) is 6.92 Å². The van der Waals surface area contributed by atoms with Crippen LogP contribution in [-0.2, 0) is 0 Å². The molecule has 0 saturated carbocycles. The number of rotatable bonds is 2. The van der Waals surface area contributed by atoms with Gasteiger partial charge in [0.15, 0.2) is 0 Å². The molecule has 0 spiro atoms. The van der Waals surface area contributed by atoms with Gasteiger partial charge in [0.2, 0.25) is 0 Å². The van der Waals surface area contributed by atoms with Crippen LogP contribution in [-0.4, -0.2) is 4.98 Å². The maximum atomic E-state index is 3.76. The number of hydrogen-bond donors (Lipinski definition) is 1. The lowest BCUT2D eigenvalue weighted by molar-refractivity contribution is 1.25. The summed E-state index contributed by atoms with van der Waals surface area (Å²) in [4.78, 5) is 3.25. The standard InChI is InChI=1S/C11H15N/c1-5-8(3)10-7-9(4)12-11(10)6-2/h5-7,12H,2H2,1,3-4H3/b8-5-. The first-order chi connectivity index (χ1) is 5.69. The Morgan fingerprint density at radius 1 is 1.58 bits per heavy atom. The number of H-pyrrole nitrogens is 1. The minimum Gasteiger partial charge on any atom is -0.359 e. The minimum absolute atomic E-state index is 1.11. The van der Waals surface area contributed by atoms with Crippen LogP contribution in [0.3, 0.4) is 0 Å². The number of aromatic amines is 1. The number of aromatic nitrogens is 1. The minimum atomic E-state index is 1.11. The zero-order valence-electron chi connectivity index (χ0n) is 7.94. The highest BCUT2D eigenvalue weighted by Gasteiger charge is 2.03. The Balaban J connectivity index is 3.22. The molecule has 0 aliphatic rings. The molecule has 0 aromatic carbocycles. The van der Waals surface area contributed by atoms with Gasteiger partial charge in [0.25, 0.3) is 0 Å². The van der Waals surface area contributed by atoms with Crippen molar-refractivity contribution in [2.75, 3.05) is 0 Å². The Hall–Kier alpha value is -1.24. The van der Waals surface area contributed by atoms with Crippen LogP contribution in [0.4, 0.5) is 0 Å². The second-order valence-corrected chi connectivity index (χ2v) is 2.96. The molecule has 1 heterocycles. The van der Waals surface area contributed by atoms with Crippen LogP contribution in [0.15, 0.2) is 18.7 Å². The summed E-state index contributed by atoms with van der Waals surface area (Å²) in [5, 5.41) is 0. The fourth-order valence-electron chi connectivity index (χ4n) is 1.25. The number of hydrogen-bond acceptors (Lipinski definition) is 0. The second-order valence-electron chi connectivity index (χ2n) is 2.96. The van der Waals surface area contributed by atoms with Crippen LogP contribution < -0.4 is 0 Å². The lowest BCUT2D eigenvalue weighted by Crippen LogP contribution is -1.79. The summed E-state index contributed by atoms with van der Waals surface area (Å²) >= 11 is 0.